The van der Waals surface area contributed by atoms with Crippen LogP contribution in [0.25, 0.3) is 5.69 Å². The molecule has 2 aromatic rings. The Kier molecular flexibility index (Phi) is 5.47. The van der Waals surface area contributed by atoms with Crippen LogP contribution in [-0.2, 0) is 23.9 Å². The van der Waals surface area contributed by atoms with Crippen molar-refractivity contribution in [3.63, 3.8) is 0 Å². The molecule has 0 bridgehead atoms. The Morgan fingerprint density at radius 3 is 2.73 bits per heavy atom. The third-order valence-electron chi connectivity index (χ3n) is 2.94. The van der Waals surface area contributed by atoms with Crippen LogP contribution in [0.3, 0.4) is 0 Å². The molecular weight excluding hydrogens is 315 g/mol. The van der Waals surface area contributed by atoms with Gasteiger partial charge in [0.15, 0.2) is 5.82 Å². The van der Waals surface area contributed by atoms with E-state index in [4.69, 9.17) is 4.74 Å². The van der Waals surface area contributed by atoms with Crippen molar-refractivity contribution in [3.8, 4) is 5.69 Å². The summed E-state index contributed by atoms with van der Waals surface area (Å²) in [5, 5.41) is 4.25. The number of nitrogens with zero attached hydrogens (tertiary/aromatic N) is 3. The Bertz CT molecular complexity index is 628. The Morgan fingerprint density at radius 2 is 2.09 bits per heavy atom. The number of aromatic nitrogens is 3. The lowest BCUT2D eigenvalue weighted by molar-refractivity contribution is -0.137. The maximum Gasteiger partial charge on any atom is 0.416 e. The smallest absolute Gasteiger partial charge is 0.377 e. The van der Waals surface area contributed by atoms with Gasteiger partial charge in [0.05, 0.1) is 11.3 Å². The molecule has 1 heterocycles. The van der Waals surface area contributed by atoms with Gasteiger partial charge in [-0.2, -0.15) is 24.9 Å². The molecule has 0 N–H and O–H groups in total. The molecule has 8 heteroatoms. The van der Waals surface area contributed by atoms with Crippen molar-refractivity contribution in [2.45, 2.75) is 19.2 Å². The van der Waals surface area contributed by atoms with Crippen molar-refractivity contribution >= 4 is 11.8 Å². The molecule has 1 aromatic carbocycles. The van der Waals surface area contributed by atoms with Gasteiger partial charge >= 0.3 is 6.18 Å². The van der Waals surface area contributed by atoms with E-state index in [1.165, 1.54) is 17.9 Å². The first-order valence-electron chi connectivity index (χ1n) is 6.56. The zero-order valence-electron chi connectivity index (χ0n) is 12.2. The zero-order valence-corrected chi connectivity index (χ0v) is 13.0. The highest BCUT2D eigenvalue weighted by molar-refractivity contribution is 7.98. The normalized spacial score (nSPS) is 11.9. The van der Waals surface area contributed by atoms with Crippen LogP contribution in [0.2, 0.25) is 0 Å². The molecule has 0 atom stereocenters. The van der Waals surface area contributed by atoms with Crippen LogP contribution in [0.4, 0.5) is 13.2 Å². The summed E-state index contributed by atoms with van der Waals surface area (Å²) in [6, 6.07) is 5.07. The molecule has 0 fully saturated rings. The molecule has 0 saturated heterocycles. The predicted octanol–water partition coefficient (Wildman–Crippen LogP) is 3.34. The molecular formula is C14H16F3N3OS. The van der Waals surface area contributed by atoms with Gasteiger partial charge in [0.25, 0.3) is 0 Å². The van der Waals surface area contributed by atoms with Crippen molar-refractivity contribution in [1.82, 2.24) is 14.8 Å². The van der Waals surface area contributed by atoms with E-state index in [0.29, 0.717) is 23.8 Å². The molecule has 2 rings (SSSR count). The summed E-state index contributed by atoms with van der Waals surface area (Å²) in [7, 11) is 1.52. The summed E-state index contributed by atoms with van der Waals surface area (Å²) in [6.45, 7) is 0.220. The van der Waals surface area contributed by atoms with Gasteiger partial charge in [-0.3, -0.25) is 0 Å². The molecule has 22 heavy (non-hydrogen) atoms. The second kappa shape index (κ2) is 7.15. The second-order valence-electron chi connectivity index (χ2n) is 4.58. The highest BCUT2D eigenvalue weighted by Crippen LogP contribution is 2.30. The monoisotopic (exact) mass is 331 g/mol. The number of ether oxygens (including phenoxy) is 1. The van der Waals surface area contributed by atoms with Gasteiger partial charge in [-0.15, -0.1) is 5.10 Å². The first-order chi connectivity index (χ1) is 10.5. The Morgan fingerprint density at radius 1 is 1.32 bits per heavy atom. The number of halogens is 3. The number of rotatable bonds is 6. The number of hydrogen-bond donors (Lipinski definition) is 0. The third kappa shape index (κ3) is 4.01. The average molecular weight is 331 g/mol. The molecule has 0 amide bonds. The lowest BCUT2D eigenvalue weighted by atomic mass is 10.2. The summed E-state index contributed by atoms with van der Waals surface area (Å²) < 4.78 is 45.0. The fourth-order valence-corrected chi connectivity index (χ4v) is 2.34. The number of benzene rings is 1. The number of methoxy groups -OCH3 is 1. The molecule has 0 spiro atoms. The molecule has 0 saturated carbocycles. The van der Waals surface area contributed by atoms with E-state index in [9.17, 15) is 13.2 Å². The Hall–Kier alpha value is -1.54. The van der Waals surface area contributed by atoms with E-state index in [1.54, 1.807) is 17.8 Å². The molecule has 4 nitrogen and oxygen atoms in total. The van der Waals surface area contributed by atoms with Gasteiger partial charge < -0.3 is 4.74 Å². The van der Waals surface area contributed by atoms with E-state index in [0.717, 1.165) is 17.9 Å². The lowest BCUT2D eigenvalue weighted by Crippen LogP contribution is -2.08. The predicted molar refractivity (Wildman–Crippen MR) is 79.2 cm³/mol. The SMILES string of the molecule is COCc1nc(CCSC)n(-c2cccc(C(F)(F)F)c2)n1. The molecule has 1 aromatic heterocycles. The number of alkyl halides is 3. The summed E-state index contributed by atoms with van der Waals surface area (Å²) >= 11 is 1.64. The van der Waals surface area contributed by atoms with Gasteiger partial charge in [-0.25, -0.2) is 9.67 Å². The number of thioether (sulfide) groups is 1. The molecule has 0 aliphatic heterocycles. The zero-order chi connectivity index (χ0) is 16.2. The third-order valence-corrected chi connectivity index (χ3v) is 3.55. The maximum absolute atomic E-state index is 12.8. The molecule has 0 radical (unpaired) electrons. The molecule has 0 aliphatic rings. The largest absolute Gasteiger partial charge is 0.416 e. The van der Waals surface area contributed by atoms with Gasteiger partial charge in [-0.05, 0) is 24.5 Å². The summed E-state index contributed by atoms with van der Waals surface area (Å²) in [4.78, 5) is 4.34. The molecule has 0 aliphatic carbocycles. The van der Waals surface area contributed by atoms with Crippen LogP contribution in [-0.4, -0.2) is 33.9 Å². The number of hydrogen-bond acceptors (Lipinski definition) is 4. The van der Waals surface area contributed by atoms with Crippen LogP contribution >= 0.6 is 11.8 Å². The minimum atomic E-state index is -4.38. The van der Waals surface area contributed by atoms with Crippen LogP contribution in [0.15, 0.2) is 24.3 Å². The molecule has 0 unspecified atom stereocenters. The van der Waals surface area contributed by atoms with E-state index < -0.39 is 11.7 Å². The highest BCUT2D eigenvalue weighted by atomic mass is 32.2. The standard InChI is InChI=1S/C14H16F3N3OS/c1-21-9-12-18-13(6-7-22-2)20(19-12)11-5-3-4-10(8-11)14(15,16)17/h3-5,8H,6-7,9H2,1-2H3. The minimum absolute atomic E-state index is 0.220. The van der Waals surface area contributed by atoms with Crippen molar-refractivity contribution in [2.24, 2.45) is 0 Å². The fraction of sp³-hybridized carbons (Fsp3) is 0.429. The van der Waals surface area contributed by atoms with Gasteiger partial charge in [0, 0.05) is 19.3 Å². The first kappa shape index (κ1) is 16.8. The van der Waals surface area contributed by atoms with E-state index in [1.807, 2.05) is 6.26 Å². The van der Waals surface area contributed by atoms with Crippen LogP contribution in [0, 0.1) is 0 Å². The lowest BCUT2D eigenvalue weighted by Gasteiger charge is -2.10. The Balaban J connectivity index is 2.41. The van der Waals surface area contributed by atoms with E-state index in [2.05, 4.69) is 10.1 Å². The highest BCUT2D eigenvalue weighted by Gasteiger charge is 2.30. The summed E-state index contributed by atoms with van der Waals surface area (Å²) in [5.41, 5.74) is -0.356. The first-order valence-corrected chi connectivity index (χ1v) is 7.95. The summed E-state index contributed by atoms with van der Waals surface area (Å²) in [6.07, 6.45) is -1.80. The summed E-state index contributed by atoms with van der Waals surface area (Å²) in [5.74, 6) is 1.89. The van der Waals surface area contributed by atoms with Crippen LogP contribution in [0.1, 0.15) is 17.2 Å². The second-order valence-corrected chi connectivity index (χ2v) is 5.57. The quantitative estimate of drug-likeness (QED) is 0.814. The van der Waals surface area contributed by atoms with Crippen LogP contribution < -0.4 is 0 Å². The topological polar surface area (TPSA) is 39.9 Å². The Labute approximate surface area is 130 Å². The van der Waals surface area contributed by atoms with Crippen molar-refractivity contribution in [3.05, 3.63) is 41.5 Å². The van der Waals surface area contributed by atoms with Crippen molar-refractivity contribution in [1.29, 1.82) is 0 Å². The van der Waals surface area contributed by atoms with Crippen molar-refractivity contribution < 1.29 is 17.9 Å². The maximum atomic E-state index is 12.8. The van der Waals surface area contributed by atoms with Crippen molar-refractivity contribution in [2.75, 3.05) is 19.1 Å². The van der Waals surface area contributed by atoms with Gasteiger partial charge in [0.1, 0.15) is 12.4 Å². The van der Waals surface area contributed by atoms with E-state index in [-0.39, 0.29) is 6.61 Å². The minimum Gasteiger partial charge on any atom is -0.377 e. The fourth-order valence-electron chi connectivity index (χ4n) is 1.96. The number of aryl methyl sites for hydroxylation is 1. The average Bonchev–Trinajstić information content (AvgIpc) is 2.88. The van der Waals surface area contributed by atoms with Crippen LogP contribution in [0.5, 0.6) is 0 Å². The van der Waals surface area contributed by atoms with Gasteiger partial charge in [-0.1, -0.05) is 6.07 Å². The van der Waals surface area contributed by atoms with E-state index >= 15 is 0 Å². The van der Waals surface area contributed by atoms with Gasteiger partial charge in [0.2, 0.25) is 0 Å². The molecule has 120 valence electrons.